The van der Waals surface area contributed by atoms with Gasteiger partial charge in [-0.2, -0.15) is 9.97 Å². The first-order chi connectivity index (χ1) is 38.1. The summed E-state index contributed by atoms with van der Waals surface area (Å²) in [4.78, 5) is 97.5. The number of imidazole rings is 3. The number of nitrogen functional groups attached to an aromatic ring is 4. The van der Waals surface area contributed by atoms with Crippen LogP contribution in [0.1, 0.15) is 50.6 Å². The van der Waals surface area contributed by atoms with Crippen LogP contribution in [0, 0.1) is 0 Å². The van der Waals surface area contributed by atoms with Gasteiger partial charge in [-0.3, -0.25) is 55.2 Å². The van der Waals surface area contributed by atoms with Crippen molar-refractivity contribution >= 4 is 80.4 Å². The molecule has 0 radical (unpaired) electrons. The van der Waals surface area contributed by atoms with Gasteiger partial charge in [-0.15, -0.1) is 0 Å². The average molecular weight is 1180 g/mol. The number of aliphatic hydroxyl groups is 2. The van der Waals surface area contributed by atoms with E-state index in [-0.39, 0.29) is 65.0 Å². The van der Waals surface area contributed by atoms with Gasteiger partial charge in [0.15, 0.2) is 34.1 Å². The highest BCUT2D eigenvalue weighted by Gasteiger charge is 2.48. The number of aliphatic hydroxyl groups excluding tert-OH is 2. The Morgan fingerprint density at radius 1 is 0.575 bits per heavy atom. The van der Waals surface area contributed by atoms with Crippen molar-refractivity contribution in [3.8, 4) is 0 Å². The number of nitrogens with zero attached hydrogens (tertiary/aromatic N) is 13. The normalized spacial score (nSPS) is 29.4. The van der Waals surface area contributed by atoms with E-state index < -0.39 is 141 Å². The Labute approximate surface area is 445 Å². The van der Waals surface area contributed by atoms with Crippen molar-refractivity contribution in [2.24, 2.45) is 0 Å². The fraction of sp³-hybridized carbons (Fsp3) is 0.513. The number of nitrogens with two attached hydrogens (primary N) is 4. The molecule has 0 aromatic carbocycles. The third-order valence-corrected chi connectivity index (χ3v) is 16.3. The first-order valence-electron chi connectivity index (χ1n) is 23.9. The smallest absolute Gasteiger partial charge is 0.394 e. The van der Waals surface area contributed by atoms with E-state index in [2.05, 4.69) is 49.8 Å². The number of hydrogen-bond acceptors (Lipinski definition) is 30. The van der Waals surface area contributed by atoms with Gasteiger partial charge < -0.3 is 66.8 Å². The van der Waals surface area contributed by atoms with Crippen molar-refractivity contribution in [2.45, 2.75) is 99.4 Å². The van der Waals surface area contributed by atoms with Crippen molar-refractivity contribution in [1.82, 2.24) is 68.1 Å². The van der Waals surface area contributed by atoms with Crippen LogP contribution in [0.4, 0.5) is 23.4 Å². The molecule has 0 bridgehead atoms. The molecular formula is C39H49N18O20P3. The van der Waals surface area contributed by atoms with E-state index >= 15 is 0 Å². The second-order valence-corrected chi connectivity index (χ2v) is 22.6. The molecule has 0 amide bonds. The summed E-state index contributed by atoms with van der Waals surface area (Å²) in [6.45, 7) is -3.16. The highest BCUT2D eigenvalue weighted by atomic mass is 31.2. The maximum atomic E-state index is 14.0. The Kier molecular flexibility index (Phi) is 15.2. The number of ether oxygens (including phenoxy) is 4. The number of anilines is 4. The van der Waals surface area contributed by atoms with E-state index in [1.807, 2.05) is 0 Å². The molecule has 11 rings (SSSR count). The molecule has 4 saturated heterocycles. The molecule has 11 heterocycles. The first kappa shape index (κ1) is 55.5. The van der Waals surface area contributed by atoms with Crippen LogP contribution in [0.15, 0.2) is 53.5 Å². The zero-order chi connectivity index (χ0) is 56.4. The molecule has 7 aromatic rings. The van der Waals surface area contributed by atoms with Crippen LogP contribution in [-0.4, -0.2) is 168 Å². The zero-order valence-corrected chi connectivity index (χ0v) is 43.6. The van der Waals surface area contributed by atoms with E-state index in [1.54, 1.807) is 0 Å². The number of phosphoric ester groups is 3. The molecule has 3 unspecified atom stereocenters. The predicted octanol–water partition coefficient (Wildman–Crippen LogP) is -1.61. The molecule has 14 N–H and O–H groups in total. The van der Waals surface area contributed by atoms with Crippen LogP contribution in [0.5, 0.6) is 0 Å². The summed E-state index contributed by atoms with van der Waals surface area (Å²) in [5.74, 6) is -0.229. The summed E-state index contributed by atoms with van der Waals surface area (Å²) in [7, 11) is -15.6. The SMILES string of the molecule is Nc1ccn([C@H]2C[C@H](OP(=O)(O)OC[C@H]3O[C@@H](n4cnc5c(N)ncnc54)C[C@@H]3OP(=O)(O)OC[C@H]3O[C@@H](n4cnc5c(N)ncnc54)C[C@@H]3O)[C@@H](COP(=O)(O)O[C@H]3C[C@H](n4cnc5c(=O)[nH]c(N)nc54)O[C@@H]3CO)O2)c(=O)n1. The fourth-order valence-electron chi connectivity index (χ4n) is 9.51. The zero-order valence-electron chi connectivity index (χ0n) is 41.0. The number of aromatic nitrogens is 14. The average Bonchev–Trinajstić information content (AvgIpc) is 4.28. The van der Waals surface area contributed by atoms with Gasteiger partial charge in [0.05, 0.1) is 51.5 Å². The van der Waals surface area contributed by atoms with Gasteiger partial charge in [-0.1, -0.05) is 0 Å². The van der Waals surface area contributed by atoms with Gasteiger partial charge in [0, 0.05) is 31.9 Å². The van der Waals surface area contributed by atoms with Gasteiger partial charge >= 0.3 is 29.2 Å². The molecule has 15 atom stereocenters. The quantitative estimate of drug-likeness (QED) is 0.0384. The third-order valence-electron chi connectivity index (χ3n) is 13.3. The highest BCUT2D eigenvalue weighted by molar-refractivity contribution is 7.48. The lowest BCUT2D eigenvalue weighted by atomic mass is 10.2. The minimum Gasteiger partial charge on any atom is -0.394 e. The number of hydrogen-bond donors (Lipinski definition) is 10. The lowest BCUT2D eigenvalue weighted by Crippen LogP contribution is -2.31. The Morgan fingerprint density at radius 2 is 1.01 bits per heavy atom. The van der Waals surface area contributed by atoms with Crippen LogP contribution < -0.4 is 34.2 Å². The molecule has 4 fully saturated rings. The van der Waals surface area contributed by atoms with Crippen molar-refractivity contribution in [2.75, 3.05) is 49.4 Å². The van der Waals surface area contributed by atoms with E-state index in [4.69, 9.17) is 69.0 Å². The number of H-pyrrole nitrogens is 1. The molecule has 0 saturated carbocycles. The van der Waals surface area contributed by atoms with Crippen molar-refractivity contribution in [3.63, 3.8) is 0 Å². The summed E-state index contributed by atoms with van der Waals surface area (Å²) in [6.07, 6.45) is -8.60. The standard InChI is InChI=1S/C39H49N18O20P3/c40-24-1-2-54(39(61)51-24)26-5-18(22(73-26)9-69-79(64,65)75-17-4-28(71-20(17)7-58)57-15-50-31-36(57)52-38(43)53-37(31)60)76-80(66,67)70-10-23-19(6-27(74-23)56-14-49-30-33(42)45-12-47-35(30)56)77-78(62,63)68-8-21-16(59)3-25(72-21)55-13-48-29-32(41)44-11-46-34(29)55/h1-2,11-23,25-28,58-59H,3-10H2,(H,62,63)(H,64,65)(H,66,67)(H2,40,51,61)(H2,41,44,46)(H2,42,45,47)(H3,43,52,53,60)/t16-,17-,18-,19-,20+,21+,22+,23+,25+,26+,27+,28+/m0/s1. The molecule has 430 valence electrons. The Morgan fingerprint density at radius 3 is 1.52 bits per heavy atom. The number of fused-ring (bicyclic) bond motifs is 3. The second kappa shape index (κ2) is 21.8. The van der Waals surface area contributed by atoms with Crippen molar-refractivity contribution in [1.29, 1.82) is 0 Å². The predicted molar refractivity (Wildman–Crippen MR) is 264 cm³/mol. The Balaban J connectivity index is 0.769. The van der Waals surface area contributed by atoms with E-state index in [0.29, 0.717) is 11.2 Å². The lowest BCUT2D eigenvalue weighted by Gasteiger charge is -2.25. The first-order valence-corrected chi connectivity index (χ1v) is 28.4. The molecule has 7 aromatic heterocycles. The maximum Gasteiger partial charge on any atom is 0.472 e. The van der Waals surface area contributed by atoms with Crippen molar-refractivity contribution in [3.05, 3.63) is 64.7 Å². The molecule has 0 spiro atoms. The molecule has 38 nitrogen and oxygen atoms in total. The maximum absolute atomic E-state index is 14.0. The summed E-state index contributed by atoms with van der Waals surface area (Å²) in [5.41, 5.74) is 22.7. The molecular weight excluding hydrogens is 1130 g/mol. The third kappa shape index (κ3) is 11.5. The van der Waals surface area contributed by atoms with E-state index in [1.165, 1.54) is 51.3 Å². The van der Waals surface area contributed by atoms with Crippen LogP contribution in [0.3, 0.4) is 0 Å². The molecule has 41 heteroatoms. The van der Waals surface area contributed by atoms with Gasteiger partial charge in [0.1, 0.15) is 97.1 Å². The molecule has 4 aliphatic heterocycles. The number of nitrogens with one attached hydrogen (secondary N) is 1. The fourth-order valence-corrected chi connectivity index (χ4v) is 12.4. The number of phosphoric acid groups is 3. The largest absolute Gasteiger partial charge is 0.472 e. The van der Waals surface area contributed by atoms with E-state index in [0.717, 1.165) is 10.9 Å². The minimum atomic E-state index is -5.34. The Bertz CT molecular complexity index is 3720. The second-order valence-electron chi connectivity index (χ2n) is 18.4. The van der Waals surface area contributed by atoms with Crippen molar-refractivity contribution < 1.29 is 84.7 Å². The molecule has 4 aliphatic rings. The number of aromatic amines is 1. The summed E-state index contributed by atoms with van der Waals surface area (Å²) >= 11 is 0. The topological polar surface area (TPSA) is 534 Å². The highest BCUT2D eigenvalue weighted by Crippen LogP contribution is 2.54. The molecule has 0 aliphatic carbocycles. The van der Waals surface area contributed by atoms with E-state index in [9.17, 15) is 48.2 Å². The van der Waals surface area contributed by atoms with Crippen LogP contribution in [0.25, 0.3) is 33.5 Å². The molecule has 80 heavy (non-hydrogen) atoms. The Hall–Kier alpha value is -6.38. The van der Waals surface area contributed by atoms with Gasteiger partial charge in [0.25, 0.3) is 5.56 Å². The lowest BCUT2D eigenvalue weighted by molar-refractivity contribution is -0.0627. The summed E-state index contributed by atoms with van der Waals surface area (Å²) in [5, 5.41) is 21.0. The van der Waals surface area contributed by atoms with Crippen LogP contribution >= 0.6 is 23.5 Å². The van der Waals surface area contributed by atoms with Gasteiger partial charge in [-0.25, -0.2) is 53.4 Å². The van der Waals surface area contributed by atoms with Crippen LogP contribution in [-0.2, 0) is 59.8 Å². The summed E-state index contributed by atoms with van der Waals surface area (Å²) < 4.78 is 103. The van der Waals surface area contributed by atoms with Gasteiger partial charge in [0.2, 0.25) is 5.95 Å². The van der Waals surface area contributed by atoms with Crippen LogP contribution in [0.2, 0.25) is 0 Å². The summed E-state index contributed by atoms with van der Waals surface area (Å²) in [6, 6.07) is 1.27. The minimum absolute atomic E-state index is 0.000826. The number of rotatable bonds is 20. The monoisotopic (exact) mass is 1180 g/mol. The van der Waals surface area contributed by atoms with Gasteiger partial charge in [-0.05, 0) is 6.07 Å².